The molecular formula is C34H32N2O5. The molecule has 7 heteroatoms. The number of hydrogen-bond donors (Lipinski definition) is 2. The van der Waals surface area contributed by atoms with Gasteiger partial charge in [0.1, 0.15) is 12.4 Å². The third-order valence-corrected chi connectivity index (χ3v) is 7.37. The second-order valence-electron chi connectivity index (χ2n) is 10.1. The SMILES string of the molecule is O=C(CN1CCC[C@H]1C(=O)NC(=O)C(O)(c1ccccc1)c1ccccc1)c1cccc(OCc2ccccc2)c1. The Morgan fingerprint density at radius 3 is 2.07 bits per heavy atom. The van der Waals surface area contributed by atoms with Crippen molar-refractivity contribution in [2.75, 3.05) is 13.1 Å². The maximum absolute atomic E-state index is 13.5. The normalized spacial score (nSPS) is 15.3. The first kappa shape index (κ1) is 28.0. The fourth-order valence-electron chi connectivity index (χ4n) is 5.16. The lowest BCUT2D eigenvalue weighted by molar-refractivity contribution is -0.142. The monoisotopic (exact) mass is 548 g/mol. The van der Waals surface area contributed by atoms with Crippen LogP contribution in [-0.4, -0.2) is 46.7 Å². The molecule has 1 aliphatic heterocycles. The summed E-state index contributed by atoms with van der Waals surface area (Å²) in [5.74, 6) is -0.930. The van der Waals surface area contributed by atoms with Crippen LogP contribution in [0.2, 0.25) is 0 Å². The Morgan fingerprint density at radius 1 is 0.829 bits per heavy atom. The van der Waals surface area contributed by atoms with E-state index in [0.29, 0.717) is 48.4 Å². The lowest BCUT2D eigenvalue weighted by Gasteiger charge is -2.29. The molecule has 4 aromatic carbocycles. The Kier molecular flexibility index (Phi) is 8.67. The molecule has 208 valence electrons. The molecule has 1 fully saturated rings. The minimum atomic E-state index is -2.06. The van der Waals surface area contributed by atoms with Crippen LogP contribution < -0.4 is 10.1 Å². The van der Waals surface area contributed by atoms with Crippen LogP contribution >= 0.6 is 0 Å². The molecule has 1 atom stereocenters. The van der Waals surface area contributed by atoms with Crippen molar-refractivity contribution < 1.29 is 24.2 Å². The van der Waals surface area contributed by atoms with Gasteiger partial charge in [0.05, 0.1) is 12.6 Å². The summed E-state index contributed by atoms with van der Waals surface area (Å²) >= 11 is 0. The van der Waals surface area contributed by atoms with Crippen molar-refractivity contribution in [2.24, 2.45) is 0 Å². The summed E-state index contributed by atoms with van der Waals surface area (Å²) in [6.45, 7) is 0.957. The number of amides is 2. The Morgan fingerprint density at radius 2 is 1.44 bits per heavy atom. The van der Waals surface area contributed by atoms with Gasteiger partial charge < -0.3 is 9.84 Å². The van der Waals surface area contributed by atoms with Crippen molar-refractivity contribution in [1.29, 1.82) is 0 Å². The van der Waals surface area contributed by atoms with Gasteiger partial charge in [0.2, 0.25) is 5.91 Å². The Labute approximate surface area is 239 Å². The summed E-state index contributed by atoms with van der Waals surface area (Å²) in [6.07, 6.45) is 1.21. The van der Waals surface area contributed by atoms with Crippen LogP contribution in [-0.2, 0) is 21.8 Å². The highest BCUT2D eigenvalue weighted by atomic mass is 16.5. The van der Waals surface area contributed by atoms with Gasteiger partial charge in [-0.3, -0.25) is 24.6 Å². The van der Waals surface area contributed by atoms with Crippen LogP contribution in [0.5, 0.6) is 5.75 Å². The number of ether oxygens (including phenoxy) is 1. The largest absolute Gasteiger partial charge is 0.489 e. The number of benzene rings is 4. The summed E-state index contributed by atoms with van der Waals surface area (Å²) in [5, 5.41) is 14.1. The van der Waals surface area contributed by atoms with Crippen molar-refractivity contribution in [2.45, 2.75) is 31.1 Å². The molecule has 0 unspecified atom stereocenters. The van der Waals surface area contributed by atoms with Gasteiger partial charge in [-0.2, -0.15) is 0 Å². The molecule has 1 heterocycles. The molecule has 0 radical (unpaired) electrons. The average molecular weight is 549 g/mol. The molecule has 0 aromatic heterocycles. The van der Waals surface area contributed by atoms with Gasteiger partial charge in [-0.1, -0.05) is 103 Å². The first-order valence-electron chi connectivity index (χ1n) is 13.7. The van der Waals surface area contributed by atoms with Crippen molar-refractivity contribution in [3.8, 4) is 5.75 Å². The van der Waals surface area contributed by atoms with Crippen LogP contribution in [0.15, 0.2) is 115 Å². The summed E-state index contributed by atoms with van der Waals surface area (Å²) in [4.78, 5) is 41.9. The molecule has 41 heavy (non-hydrogen) atoms. The Balaban J connectivity index is 1.26. The highest BCUT2D eigenvalue weighted by Crippen LogP contribution is 2.30. The molecule has 1 saturated heterocycles. The van der Waals surface area contributed by atoms with Gasteiger partial charge in [-0.15, -0.1) is 0 Å². The lowest BCUT2D eigenvalue weighted by Crippen LogP contribution is -2.53. The van der Waals surface area contributed by atoms with Crippen LogP contribution in [0, 0.1) is 0 Å². The van der Waals surface area contributed by atoms with Gasteiger partial charge in [0.25, 0.3) is 5.91 Å². The predicted octanol–water partition coefficient (Wildman–Crippen LogP) is 4.49. The van der Waals surface area contributed by atoms with E-state index in [9.17, 15) is 19.5 Å². The van der Waals surface area contributed by atoms with Crippen LogP contribution in [0.1, 0.15) is 39.9 Å². The van der Waals surface area contributed by atoms with Gasteiger partial charge in [-0.25, -0.2) is 0 Å². The quantitative estimate of drug-likeness (QED) is 0.284. The minimum absolute atomic E-state index is 0.0239. The van der Waals surface area contributed by atoms with E-state index in [4.69, 9.17) is 4.74 Å². The number of Topliss-reactive ketones (excluding diaryl/α,β-unsaturated/α-hetero) is 1. The first-order valence-corrected chi connectivity index (χ1v) is 13.7. The van der Waals surface area contributed by atoms with E-state index < -0.39 is 23.5 Å². The van der Waals surface area contributed by atoms with Gasteiger partial charge >= 0.3 is 0 Å². The molecule has 0 bridgehead atoms. The minimum Gasteiger partial charge on any atom is -0.489 e. The number of carbonyl (C=O) groups is 3. The second-order valence-corrected chi connectivity index (χ2v) is 10.1. The highest BCUT2D eigenvalue weighted by Gasteiger charge is 2.42. The topological polar surface area (TPSA) is 95.9 Å². The number of nitrogens with zero attached hydrogens (tertiary/aromatic N) is 1. The van der Waals surface area contributed by atoms with E-state index in [1.165, 1.54) is 0 Å². The molecule has 5 rings (SSSR count). The smallest absolute Gasteiger partial charge is 0.267 e. The molecule has 4 aromatic rings. The maximum atomic E-state index is 13.5. The molecule has 0 saturated carbocycles. The number of likely N-dealkylation sites (tertiary alicyclic amines) is 1. The van der Waals surface area contributed by atoms with E-state index in [2.05, 4.69) is 5.32 Å². The van der Waals surface area contributed by atoms with Crippen molar-refractivity contribution >= 4 is 17.6 Å². The summed E-state index contributed by atoms with van der Waals surface area (Å²) in [5.41, 5.74) is 0.155. The summed E-state index contributed by atoms with van der Waals surface area (Å²) in [7, 11) is 0. The lowest BCUT2D eigenvalue weighted by atomic mass is 9.85. The number of hydrogen-bond acceptors (Lipinski definition) is 6. The van der Waals surface area contributed by atoms with Crippen molar-refractivity contribution in [1.82, 2.24) is 10.2 Å². The predicted molar refractivity (Wildman–Crippen MR) is 155 cm³/mol. The van der Waals surface area contributed by atoms with Crippen molar-refractivity contribution in [3.05, 3.63) is 138 Å². The summed E-state index contributed by atoms with van der Waals surface area (Å²) in [6, 6.07) is 33.2. The number of ketones is 1. The highest BCUT2D eigenvalue weighted by molar-refractivity contribution is 6.04. The van der Waals surface area contributed by atoms with Crippen molar-refractivity contribution in [3.63, 3.8) is 0 Å². The number of aliphatic hydroxyl groups is 1. The van der Waals surface area contributed by atoms with E-state index in [0.717, 1.165) is 5.56 Å². The molecule has 0 spiro atoms. The molecule has 2 amide bonds. The summed E-state index contributed by atoms with van der Waals surface area (Å²) < 4.78 is 5.87. The fraction of sp³-hybridized carbons (Fsp3) is 0.206. The third kappa shape index (κ3) is 6.43. The zero-order valence-electron chi connectivity index (χ0n) is 22.6. The van der Waals surface area contributed by atoms with Crippen LogP contribution in [0.25, 0.3) is 0 Å². The number of nitrogens with one attached hydrogen (secondary N) is 1. The zero-order chi connectivity index (χ0) is 28.7. The van der Waals surface area contributed by atoms with Crippen LogP contribution in [0.3, 0.4) is 0 Å². The van der Waals surface area contributed by atoms with Gasteiger partial charge in [0, 0.05) is 5.56 Å². The molecule has 0 aliphatic carbocycles. The van der Waals surface area contributed by atoms with E-state index in [-0.39, 0.29) is 12.3 Å². The third-order valence-electron chi connectivity index (χ3n) is 7.37. The average Bonchev–Trinajstić information content (AvgIpc) is 3.49. The molecular weight excluding hydrogens is 516 g/mol. The molecule has 1 aliphatic rings. The Bertz CT molecular complexity index is 1450. The maximum Gasteiger partial charge on any atom is 0.267 e. The zero-order valence-corrected chi connectivity index (χ0v) is 22.6. The first-order chi connectivity index (χ1) is 19.9. The molecule has 2 N–H and O–H groups in total. The van der Waals surface area contributed by atoms with Gasteiger partial charge in [0.15, 0.2) is 11.4 Å². The Hall–Kier alpha value is -4.59. The van der Waals surface area contributed by atoms with E-state index in [1.54, 1.807) is 89.8 Å². The fourth-order valence-corrected chi connectivity index (χ4v) is 5.16. The van der Waals surface area contributed by atoms with Gasteiger partial charge in [-0.05, 0) is 48.2 Å². The molecule has 7 nitrogen and oxygen atoms in total. The number of imide groups is 1. The second kappa shape index (κ2) is 12.7. The van der Waals surface area contributed by atoms with E-state index in [1.807, 2.05) is 30.3 Å². The number of rotatable bonds is 10. The van der Waals surface area contributed by atoms with E-state index >= 15 is 0 Å². The number of carbonyl (C=O) groups excluding carboxylic acids is 3. The standard InChI is InChI=1S/C34H32N2O5/c37-31(26-14-10-19-29(22-26)41-24-25-12-4-1-5-13-25)23-36-21-11-20-30(36)32(38)35-33(39)34(40,27-15-6-2-7-16-27)28-17-8-3-9-18-28/h1-10,12-19,22,30,40H,11,20-21,23-24H2,(H,35,38,39)/t30-/m0/s1. The van der Waals surface area contributed by atoms with Crippen LogP contribution in [0.4, 0.5) is 0 Å².